The zero-order valence-corrected chi connectivity index (χ0v) is 14.3. The topological polar surface area (TPSA) is 17.1 Å². The van der Waals surface area contributed by atoms with Crippen LogP contribution in [0.4, 0.5) is 0 Å². The summed E-state index contributed by atoms with van der Waals surface area (Å²) in [6, 6.07) is 0. The van der Waals surface area contributed by atoms with Crippen LogP contribution < -0.4 is 0 Å². The highest BCUT2D eigenvalue weighted by Crippen LogP contribution is 2.65. The Balaban J connectivity index is 1.64. The summed E-state index contributed by atoms with van der Waals surface area (Å²) in [5.41, 5.74) is 0.551. The molecular weight excluding hydrogens is 280 g/mol. The van der Waals surface area contributed by atoms with Crippen LogP contribution in [0.1, 0.15) is 71.6 Å². The second-order valence-corrected chi connectivity index (χ2v) is 9.56. The predicted molar refractivity (Wildman–Crippen MR) is 86.4 cm³/mol. The molecule has 0 aromatic heterocycles. The lowest BCUT2D eigenvalue weighted by Crippen LogP contribution is -2.53. The van der Waals surface area contributed by atoms with E-state index < -0.39 is 0 Å². The molecule has 0 bridgehead atoms. The first-order chi connectivity index (χ1) is 9.95. The van der Waals surface area contributed by atoms with Crippen molar-refractivity contribution in [1.82, 2.24) is 0 Å². The van der Waals surface area contributed by atoms with Crippen molar-refractivity contribution in [2.24, 2.45) is 34.5 Å². The Morgan fingerprint density at radius 3 is 2.62 bits per heavy atom. The van der Waals surface area contributed by atoms with E-state index in [1.165, 1.54) is 44.9 Å². The van der Waals surface area contributed by atoms with Crippen molar-refractivity contribution >= 4 is 17.4 Å². The zero-order chi connectivity index (χ0) is 14.8. The third kappa shape index (κ3) is 1.92. The van der Waals surface area contributed by atoms with Crippen molar-refractivity contribution in [3.8, 4) is 0 Å². The van der Waals surface area contributed by atoms with Gasteiger partial charge in [-0.1, -0.05) is 13.8 Å². The van der Waals surface area contributed by atoms with E-state index in [9.17, 15) is 4.79 Å². The second kappa shape index (κ2) is 4.73. The molecule has 0 N–H and O–H groups in total. The number of carbonyl (C=O) groups excluding carboxylic acids is 1. The maximum absolute atomic E-state index is 12.4. The van der Waals surface area contributed by atoms with Gasteiger partial charge in [0.25, 0.3) is 0 Å². The molecule has 0 heterocycles. The minimum Gasteiger partial charge on any atom is -0.299 e. The van der Waals surface area contributed by atoms with Crippen LogP contribution in [0.5, 0.6) is 0 Å². The monoisotopic (exact) mass is 308 g/mol. The molecule has 0 aromatic rings. The number of halogens is 1. The van der Waals surface area contributed by atoms with Gasteiger partial charge in [0, 0.05) is 17.2 Å². The molecule has 1 unspecified atom stereocenters. The van der Waals surface area contributed by atoms with Gasteiger partial charge in [0.15, 0.2) is 0 Å². The molecule has 4 aliphatic rings. The summed E-state index contributed by atoms with van der Waals surface area (Å²) in [5, 5.41) is 0.418. The van der Waals surface area contributed by atoms with Crippen LogP contribution in [0.2, 0.25) is 0 Å². The Bertz CT molecular complexity index is 460. The SMILES string of the molecule is C[C@]12CC[C@H](Cl)CC1CC[C@@H]1[C@@H]2CC[C@]2(C)C(=O)CC[C@@H]12. The smallest absolute Gasteiger partial charge is 0.139 e. The van der Waals surface area contributed by atoms with Gasteiger partial charge in [-0.25, -0.2) is 0 Å². The number of fused-ring (bicyclic) bond motifs is 5. The molecule has 0 spiro atoms. The van der Waals surface area contributed by atoms with E-state index in [4.69, 9.17) is 11.6 Å². The Hall–Kier alpha value is -0.0400. The predicted octanol–water partition coefficient (Wildman–Crippen LogP) is 5.21. The summed E-state index contributed by atoms with van der Waals surface area (Å²) in [7, 11) is 0. The molecule has 118 valence electrons. The minimum atomic E-state index is 0.0358. The summed E-state index contributed by atoms with van der Waals surface area (Å²) >= 11 is 6.46. The molecule has 0 aromatic carbocycles. The molecule has 0 saturated heterocycles. The number of Topliss-reactive ketones (excluding diaryl/α,β-unsaturated/α-hetero) is 1. The van der Waals surface area contributed by atoms with E-state index in [0.29, 0.717) is 22.5 Å². The van der Waals surface area contributed by atoms with E-state index in [0.717, 1.165) is 30.6 Å². The molecule has 4 fully saturated rings. The van der Waals surface area contributed by atoms with Gasteiger partial charge in [-0.2, -0.15) is 0 Å². The Labute approximate surface area is 134 Å². The fourth-order valence-electron chi connectivity index (χ4n) is 6.98. The quantitative estimate of drug-likeness (QED) is 0.562. The molecule has 1 nitrogen and oxygen atoms in total. The maximum atomic E-state index is 12.4. The summed E-state index contributed by atoms with van der Waals surface area (Å²) in [4.78, 5) is 12.4. The van der Waals surface area contributed by atoms with E-state index in [-0.39, 0.29) is 5.41 Å². The van der Waals surface area contributed by atoms with E-state index in [2.05, 4.69) is 13.8 Å². The highest BCUT2D eigenvalue weighted by Gasteiger charge is 2.60. The lowest BCUT2D eigenvalue weighted by atomic mass is 9.45. The highest BCUT2D eigenvalue weighted by atomic mass is 35.5. The minimum absolute atomic E-state index is 0.0358. The van der Waals surface area contributed by atoms with Gasteiger partial charge in [-0.3, -0.25) is 4.79 Å². The first kappa shape index (κ1) is 14.5. The molecular formula is C19H29ClO. The molecule has 4 saturated carbocycles. The average Bonchev–Trinajstić information content (AvgIpc) is 2.76. The Morgan fingerprint density at radius 1 is 1.00 bits per heavy atom. The third-order valence-corrected chi connectivity index (χ3v) is 8.71. The summed E-state index contributed by atoms with van der Waals surface area (Å²) in [6.45, 7) is 4.85. The zero-order valence-electron chi connectivity index (χ0n) is 13.5. The first-order valence-electron chi connectivity index (χ1n) is 9.12. The van der Waals surface area contributed by atoms with Crippen molar-refractivity contribution in [2.75, 3.05) is 0 Å². The molecule has 0 aliphatic heterocycles. The summed E-state index contributed by atoms with van der Waals surface area (Å²) in [5.74, 6) is 3.79. The van der Waals surface area contributed by atoms with Crippen LogP contribution >= 0.6 is 11.6 Å². The van der Waals surface area contributed by atoms with Crippen LogP contribution in [0.15, 0.2) is 0 Å². The highest BCUT2D eigenvalue weighted by molar-refractivity contribution is 6.20. The van der Waals surface area contributed by atoms with Crippen molar-refractivity contribution < 1.29 is 4.79 Å². The van der Waals surface area contributed by atoms with Gasteiger partial charge in [0.05, 0.1) is 0 Å². The molecule has 4 aliphatic carbocycles. The summed E-state index contributed by atoms with van der Waals surface area (Å²) in [6.07, 6.45) is 11.0. The molecule has 0 amide bonds. The first-order valence-corrected chi connectivity index (χ1v) is 9.56. The van der Waals surface area contributed by atoms with Crippen LogP contribution in [0.3, 0.4) is 0 Å². The van der Waals surface area contributed by atoms with Crippen LogP contribution in [-0.4, -0.2) is 11.2 Å². The molecule has 7 atom stereocenters. The van der Waals surface area contributed by atoms with Gasteiger partial charge >= 0.3 is 0 Å². The fraction of sp³-hybridized carbons (Fsp3) is 0.947. The molecule has 0 radical (unpaired) electrons. The average molecular weight is 309 g/mol. The van der Waals surface area contributed by atoms with Crippen molar-refractivity contribution in [1.29, 1.82) is 0 Å². The van der Waals surface area contributed by atoms with E-state index in [1.807, 2.05) is 0 Å². The van der Waals surface area contributed by atoms with Crippen molar-refractivity contribution in [3.05, 3.63) is 0 Å². The number of hydrogen-bond donors (Lipinski definition) is 0. The summed E-state index contributed by atoms with van der Waals surface area (Å²) < 4.78 is 0. The maximum Gasteiger partial charge on any atom is 0.139 e. The number of rotatable bonds is 0. The molecule has 2 heteroatoms. The van der Waals surface area contributed by atoms with Gasteiger partial charge < -0.3 is 0 Å². The standard InChI is InChI=1S/C19H29ClO/c1-18-9-7-13(20)11-12(18)3-4-14-15-5-6-17(21)19(15,2)10-8-16(14)18/h12-16H,3-11H2,1-2H3/t12?,13-,14-,15-,16-,18-,19-/m0/s1. The molecule has 21 heavy (non-hydrogen) atoms. The van der Waals surface area contributed by atoms with E-state index >= 15 is 0 Å². The number of carbonyl (C=O) groups is 1. The van der Waals surface area contributed by atoms with Crippen LogP contribution in [0, 0.1) is 34.5 Å². The van der Waals surface area contributed by atoms with Crippen LogP contribution in [0.25, 0.3) is 0 Å². The van der Waals surface area contributed by atoms with Crippen LogP contribution in [-0.2, 0) is 4.79 Å². The second-order valence-electron chi connectivity index (χ2n) is 8.95. The Kier molecular flexibility index (Phi) is 3.27. The van der Waals surface area contributed by atoms with E-state index in [1.54, 1.807) is 0 Å². The lowest BCUT2D eigenvalue weighted by Gasteiger charge is -2.60. The normalized spacial score (nSPS) is 56.5. The third-order valence-electron chi connectivity index (χ3n) is 8.31. The number of ketones is 1. The fourth-order valence-corrected chi connectivity index (χ4v) is 7.30. The largest absolute Gasteiger partial charge is 0.299 e. The number of hydrogen-bond acceptors (Lipinski definition) is 1. The number of alkyl halides is 1. The lowest BCUT2D eigenvalue weighted by molar-refractivity contribution is -0.138. The Morgan fingerprint density at radius 2 is 1.81 bits per heavy atom. The van der Waals surface area contributed by atoms with Crippen molar-refractivity contribution in [2.45, 2.75) is 77.0 Å². The van der Waals surface area contributed by atoms with Gasteiger partial charge in [0.2, 0.25) is 0 Å². The molecule has 4 rings (SSSR count). The van der Waals surface area contributed by atoms with Gasteiger partial charge in [-0.15, -0.1) is 11.6 Å². The van der Waals surface area contributed by atoms with Crippen molar-refractivity contribution in [3.63, 3.8) is 0 Å². The van der Waals surface area contributed by atoms with Gasteiger partial charge in [-0.05, 0) is 80.5 Å². The van der Waals surface area contributed by atoms with Gasteiger partial charge in [0.1, 0.15) is 5.78 Å².